The van der Waals surface area contributed by atoms with E-state index >= 15 is 0 Å². The third-order valence-corrected chi connectivity index (χ3v) is 2.07. The van der Waals surface area contributed by atoms with Crippen LogP contribution in [-0.2, 0) is 0 Å². The minimum Gasteiger partial charge on any atom is -0.354 e. The maximum Gasteiger partial charge on any atom is 0.325 e. The lowest BCUT2D eigenvalue weighted by atomic mass is 10.4. The van der Waals surface area contributed by atoms with Crippen molar-refractivity contribution in [1.82, 2.24) is 20.3 Å². The summed E-state index contributed by atoms with van der Waals surface area (Å²) in [6.07, 6.45) is 2.54. The number of hydrogen-bond donors (Lipinski definition) is 3. The van der Waals surface area contributed by atoms with Crippen LogP contribution in [0.2, 0.25) is 0 Å². The maximum atomic E-state index is 11.2. The van der Waals surface area contributed by atoms with Crippen LogP contribution >= 0.6 is 12.2 Å². The second-order valence-corrected chi connectivity index (χ2v) is 3.48. The van der Waals surface area contributed by atoms with Crippen molar-refractivity contribution in [1.29, 1.82) is 0 Å². The van der Waals surface area contributed by atoms with Gasteiger partial charge < -0.3 is 9.88 Å². The predicted octanol–water partition coefficient (Wildman–Crippen LogP) is -1.17. The van der Waals surface area contributed by atoms with E-state index in [0.717, 1.165) is 0 Å². The van der Waals surface area contributed by atoms with E-state index in [2.05, 4.69) is 20.5 Å². The number of hydrazone groups is 1. The minimum absolute atomic E-state index is 0.230. The molecule has 1 heterocycles. The Morgan fingerprint density at radius 3 is 2.81 bits per heavy atom. The monoisotopic (exact) mass is 241 g/mol. The standard InChI is InChI=1S/C8H11N5O2S/c1-13(2)8(16)12-10-4-5-3-9-7(15)11-6(5)14/h3-4H,1-2H3,(H,12,16)(H2,9,11,14,15)/b10-4+. The Kier molecular flexibility index (Phi) is 3.95. The number of aromatic amines is 2. The van der Waals surface area contributed by atoms with E-state index in [9.17, 15) is 9.59 Å². The van der Waals surface area contributed by atoms with Crippen LogP contribution in [0.1, 0.15) is 5.56 Å². The van der Waals surface area contributed by atoms with Gasteiger partial charge in [-0.05, 0) is 12.2 Å². The molecule has 0 saturated carbocycles. The molecular weight excluding hydrogens is 230 g/mol. The summed E-state index contributed by atoms with van der Waals surface area (Å²) >= 11 is 4.90. The molecule has 0 atom stereocenters. The van der Waals surface area contributed by atoms with Gasteiger partial charge in [0.15, 0.2) is 5.11 Å². The molecule has 8 heteroatoms. The molecule has 0 saturated heterocycles. The molecule has 16 heavy (non-hydrogen) atoms. The Morgan fingerprint density at radius 2 is 2.25 bits per heavy atom. The molecule has 0 unspecified atom stereocenters. The highest BCUT2D eigenvalue weighted by Gasteiger charge is 1.97. The van der Waals surface area contributed by atoms with Crippen molar-refractivity contribution >= 4 is 23.5 Å². The van der Waals surface area contributed by atoms with E-state index in [1.807, 2.05) is 0 Å². The number of thiocarbonyl (C=S) groups is 1. The minimum atomic E-state index is -0.557. The first kappa shape index (κ1) is 12.1. The fourth-order valence-electron chi connectivity index (χ4n) is 0.773. The molecule has 0 aliphatic heterocycles. The van der Waals surface area contributed by atoms with Crippen molar-refractivity contribution in [2.75, 3.05) is 14.1 Å². The van der Waals surface area contributed by atoms with Crippen LogP contribution in [0.3, 0.4) is 0 Å². The van der Waals surface area contributed by atoms with Crippen LogP contribution < -0.4 is 16.7 Å². The third-order valence-electron chi connectivity index (χ3n) is 1.62. The van der Waals surface area contributed by atoms with Crippen LogP contribution in [0, 0.1) is 0 Å². The highest BCUT2D eigenvalue weighted by atomic mass is 32.1. The maximum absolute atomic E-state index is 11.2. The van der Waals surface area contributed by atoms with Crippen molar-refractivity contribution in [2.45, 2.75) is 0 Å². The molecule has 3 N–H and O–H groups in total. The Bertz CT molecular complexity index is 516. The number of rotatable bonds is 2. The summed E-state index contributed by atoms with van der Waals surface area (Å²) in [5.74, 6) is 0. The van der Waals surface area contributed by atoms with Crippen molar-refractivity contribution < 1.29 is 0 Å². The zero-order chi connectivity index (χ0) is 12.1. The largest absolute Gasteiger partial charge is 0.354 e. The lowest BCUT2D eigenvalue weighted by Crippen LogP contribution is -2.31. The smallest absolute Gasteiger partial charge is 0.325 e. The number of aromatic nitrogens is 2. The quantitative estimate of drug-likeness (QED) is 0.345. The molecule has 1 aromatic heterocycles. The van der Waals surface area contributed by atoms with Gasteiger partial charge in [-0.2, -0.15) is 5.10 Å². The molecular formula is C8H11N5O2S. The van der Waals surface area contributed by atoms with Crippen LogP contribution in [0.15, 0.2) is 20.9 Å². The zero-order valence-electron chi connectivity index (χ0n) is 8.77. The summed E-state index contributed by atoms with van der Waals surface area (Å²) in [4.78, 5) is 28.0. The number of H-pyrrole nitrogens is 2. The first-order valence-corrected chi connectivity index (χ1v) is 4.74. The van der Waals surface area contributed by atoms with Gasteiger partial charge in [-0.15, -0.1) is 0 Å². The van der Waals surface area contributed by atoms with Crippen molar-refractivity contribution in [3.8, 4) is 0 Å². The number of nitrogens with one attached hydrogen (secondary N) is 3. The predicted molar refractivity (Wildman–Crippen MR) is 64.7 cm³/mol. The second kappa shape index (κ2) is 5.21. The highest BCUT2D eigenvalue weighted by Crippen LogP contribution is 1.80. The summed E-state index contributed by atoms with van der Waals surface area (Å²) in [6, 6.07) is 0. The lowest BCUT2D eigenvalue weighted by Gasteiger charge is -2.11. The topological polar surface area (TPSA) is 93.3 Å². The van der Waals surface area contributed by atoms with Gasteiger partial charge >= 0.3 is 5.69 Å². The second-order valence-electron chi connectivity index (χ2n) is 3.10. The van der Waals surface area contributed by atoms with Gasteiger partial charge in [0.05, 0.1) is 11.8 Å². The first-order valence-electron chi connectivity index (χ1n) is 4.33. The fourth-order valence-corrected chi connectivity index (χ4v) is 0.826. The van der Waals surface area contributed by atoms with Crippen LogP contribution in [-0.4, -0.2) is 40.3 Å². The molecule has 0 aliphatic carbocycles. The van der Waals surface area contributed by atoms with Gasteiger partial charge in [-0.1, -0.05) is 0 Å². The Morgan fingerprint density at radius 1 is 1.56 bits per heavy atom. The Balaban J connectivity index is 2.74. The van der Waals surface area contributed by atoms with E-state index in [0.29, 0.717) is 5.11 Å². The number of hydrogen-bond acceptors (Lipinski definition) is 4. The molecule has 0 aliphatic rings. The van der Waals surface area contributed by atoms with E-state index in [1.165, 1.54) is 12.4 Å². The SMILES string of the molecule is CN(C)C(=S)N/N=C/c1c[nH]c(=O)[nH]c1=O. The summed E-state index contributed by atoms with van der Waals surface area (Å²) in [5, 5.41) is 4.17. The Labute approximate surface area is 96.2 Å². The number of nitrogens with zero attached hydrogens (tertiary/aromatic N) is 2. The van der Waals surface area contributed by atoms with Gasteiger partial charge in [0, 0.05) is 20.3 Å². The average molecular weight is 241 g/mol. The van der Waals surface area contributed by atoms with E-state index in [1.54, 1.807) is 19.0 Å². The molecule has 86 valence electrons. The van der Waals surface area contributed by atoms with Gasteiger partial charge in [0.2, 0.25) is 0 Å². The summed E-state index contributed by atoms with van der Waals surface area (Å²) in [6.45, 7) is 0. The van der Waals surface area contributed by atoms with E-state index < -0.39 is 11.2 Å². The summed E-state index contributed by atoms with van der Waals surface area (Å²) in [5.41, 5.74) is 1.72. The average Bonchev–Trinajstić information content (AvgIpc) is 2.20. The van der Waals surface area contributed by atoms with Gasteiger partial charge in [-0.25, -0.2) is 4.79 Å². The van der Waals surface area contributed by atoms with E-state index in [4.69, 9.17) is 12.2 Å². The van der Waals surface area contributed by atoms with Crippen LogP contribution in [0.25, 0.3) is 0 Å². The van der Waals surface area contributed by atoms with Crippen molar-refractivity contribution in [2.24, 2.45) is 5.10 Å². The molecule has 0 fully saturated rings. The van der Waals surface area contributed by atoms with Crippen LogP contribution in [0.4, 0.5) is 0 Å². The van der Waals surface area contributed by atoms with Gasteiger partial charge in [0.1, 0.15) is 0 Å². The zero-order valence-corrected chi connectivity index (χ0v) is 9.59. The van der Waals surface area contributed by atoms with Crippen LogP contribution in [0.5, 0.6) is 0 Å². The molecule has 0 bridgehead atoms. The first-order chi connectivity index (χ1) is 7.50. The molecule has 0 radical (unpaired) electrons. The third kappa shape index (κ3) is 3.31. The van der Waals surface area contributed by atoms with E-state index in [-0.39, 0.29) is 5.56 Å². The molecule has 0 spiro atoms. The summed E-state index contributed by atoms with van der Waals surface area (Å²) < 4.78 is 0. The molecule has 1 rings (SSSR count). The normalized spacial score (nSPS) is 10.4. The van der Waals surface area contributed by atoms with Gasteiger partial charge in [0.25, 0.3) is 5.56 Å². The van der Waals surface area contributed by atoms with Crippen molar-refractivity contribution in [3.05, 3.63) is 32.6 Å². The van der Waals surface area contributed by atoms with Crippen molar-refractivity contribution in [3.63, 3.8) is 0 Å². The fraction of sp³-hybridized carbons (Fsp3) is 0.250. The van der Waals surface area contributed by atoms with Gasteiger partial charge in [-0.3, -0.25) is 15.2 Å². The lowest BCUT2D eigenvalue weighted by molar-refractivity contribution is 0.606. The molecule has 0 aromatic carbocycles. The molecule has 1 aromatic rings. The molecule has 0 amide bonds. The summed E-state index contributed by atoms with van der Waals surface area (Å²) in [7, 11) is 3.52. The Hall–Kier alpha value is -1.96. The highest BCUT2D eigenvalue weighted by molar-refractivity contribution is 7.80. The molecule has 7 nitrogen and oxygen atoms in total.